The number of piperazine rings is 1. The third-order valence-electron chi connectivity index (χ3n) is 10.4. The molecule has 4 aromatic carbocycles. The van der Waals surface area contributed by atoms with Gasteiger partial charge < -0.3 is 35.2 Å². The maximum absolute atomic E-state index is 14.0. The monoisotopic (exact) mass is 789 g/mol. The smallest absolute Gasteiger partial charge is 0.415 e. The predicted octanol–water partition coefficient (Wildman–Crippen LogP) is 6.41. The van der Waals surface area contributed by atoms with E-state index in [2.05, 4.69) is 20.9 Å². The number of likely N-dealkylation sites (N-methyl/N-ethyl adjacent to an activating group) is 1. The van der Waals surface area contributed by atoms with Crippen LogP contribution in [0.2, 0.25) is 0 Å². The van der Waals surface area contributed by atoms with Gasteiger partial charge in [-0.3, -0.25) is 24.2 Å². The highest BCUT2D eigenvalue weighted by atomic mass is 16.6. The molecule has 2 aliphatic heterocycles. The molecule has 0 bridgehead atoms. The number of hydrogen-bond donors (Lipinski definition) is 3. The number of nitrogens with zero attached hydrogens (tertiary/aromatic N) is 4. The average molecular weight is 790 g/mol. The van der Waals surface area contributed by atoms with Gasteiger partial charge >= 0.3 is 12.1 Å². The van der Waals surface area contributed by atoms with E-state index in [1.54, 1.807) is 63.2 Å². The van der Waals surface area contributed by atoms with Crippen LogP contribution in [0.3, 0.4) is 0 Å². The summed E-state index contributed by atoms with van der Waals surface area (Å²) in [6, 6.07) is 29.4. The molecular weight excluding hydrogens is 739 g/mol. The number of nitrogens with one attached hydrogen (secondary N) is 3. The van der Waals surface area contributed by atoms with Crippen LogP contribution in [-0.4, -0.2) is 91.6 Å². The maximum Gasteiger partial charge on any atom is 0.415 e. The highest BCUT2D eigenvalue weighted by Crippen LogP contribution is 2.43. The van der Waals surface area contributed by atoms with E-state index < -0.39 is 24.1 Å². The van der Waals surface area contributed by atoms with Crippen molar-refractivity contribution in [1.82, 2.24) is 15.1 Å². The largest absolute Gasteiger partial charge is 0.492 e. The molecule has 1 fully saturated rings. The quantitative estimate of drug-likeness (QED) is 0.141. The number of anilines is 4. The molecule has 3 atom stereocenters. The second kappa shape index (κ2) is 19.2. The lowest BCUT2D eigenvalue weighted by atomic mass is 9.90. The van der Waals surface area contributed by atoms with Crippen molar-refractivity contribution >= 4 is 52.6 Å². The van der Waals surface area contributed by atoms with Crippen molar-refractivity contribution < 1.29 is 33.4 Å². The lowest BCUT2D eigenvalue weighted by Gasteiger charge is -2.43. The Morgan fingerprint density at radius 2 is 1.50 bits per heavy atom. The molecule has 1 saturated heterocycles. The first-order chi connectivity index (χ1) is 28.0. The minimum absolute atomic E-state index is 0.00646. The van der Waals surface area contributed by atoms with Crippen molar-refractivity contribution in [2.24, 2.45) is 0 Å². The van der Waals surface area contributed by atoms with Gasteiger partial charge in [-0.1, -0.05) is 55.5 Å². The van der Waals surface area contributed by atoms with E-state index >= 15 is 0 Å². The Morgan fingerprint density at radius 3 is 2.22 bits per heavy atom. The van der Waals surface area contributed by atoms with Crippen LogP contribution in [0.1, 0.15) is 50.8 Å². The van der Waals surface area contributed by atoms with Gasteiger partial charge in [0.25, 0.3) is 0 Å². The number of urea groups is 1. The molecule has 0 aliphatic carbocycles. The van der Waals surface area contributed by atoms with Crippen LogP contribution in [0.15, 0.2) is 103 Å². The minimum atomic E-state index is -0.557. The standard InChI is InChI=1S/C44H51N7O7/c1-5-41(53)50-30(2)27-39(37-13-9-10-14-38(37)50)51(44(56)58-29-32-11-7-6-8-12-32)35-19-15-33(16-20-35)46-40(52)28-45-43(55)47-34-17-21-36(22-18-34)57-26-25-49-24-23-48(4)42(54)31(49)3/h6-22,30-31,39H,5,23-29H2,1-4H3,(H,46,52)(H2,45,47,55)/t30-,31+,39+/m0/s1. The van der Waals surface area contributed by atoms with Crippen LogP contribution in [0.4, 0.5) is 32.3 Å². The number of benzene rings is 4. The van der Waals surface area contributed by atoms with Crippen molar-refractivity contribution in [3.8, 4) is 5.75 Å². The first kappa shape index (κ1) is 41.2. The third-order valence-corrected chi connectivity index (χ3v) is 10.4. The minimum Gasteiger partial charge on any atom is -0.492 e. The topological polar surface area (TPSA) is 153 Å². The first-order valence-corrected chi connectivity index (χ1v) is 19.6. The lowest BCUT2D eigenvalue weighted by molar-refractivity contribution is -0.139. The van der Waals surface area contributed by atoms with Gasteiger partial charge in [0.1, 0.15) is 19.0 Å². The molecule has 58 heavy (non-hydrogen) atoms. The number of amides is 6. The zero-order chi connectivity index (χ0) is 41.2. The summed E-state index contributed by atoms with van der Waals surface area (Å²) in [5, 5.41) is 8.06. The first-order valence-electron chi connectivity index (χ1n) is 19.6. The lowest BCUT2D eigenvalue weighted by Crippen LogP contribution is -2.55. The van der Waals surface area contributed by atoms with Crippen molar-refractivity contribution in [2.75, 3.05) is 60.3 Å². The SMILES string of the molecule is CCC(=O)N1c2ccccc2[C@H](N(C(=O)OCc2ccccc2)c2ccc(NC(=O)CNC(=O)Nc3ccc(OCCN4CCN(C)C(=O)[C@H]4C)cc3)cc2)C[C@@H]1C. The van der Waals surface area contributed by atoms with E-state index in [-0.39, 0.29) is 37.0 Å². The summed E-state index contributed by atoms with van der Waals surface area (Å²) in [6.45, 7) is 8.03. The Balaban J connectivity index is 1.04. The molecule has 6 amide bonds. The summed E-state index contributed by atoms with van der Waals surface area (Å²) in [4.78, 5) is 71.9. The zero-order valence-electron chi connectivity index (χ0n) is 33.4. The summed E-state index contributed by atoms with van der Waals surface area (Å²) >= 11 is 0. The number of carbonyl (C=O) groups is 5. The molecule has 304 valence electrons. The zero-order valence-corrected chi connectivity index (χ0v) is 33.4. The Morgan fingerprint density at radius 1 is 0.828 bits per heavy atom. The van der Waals surface area contributed by atoms with E-state index in [4.69, 9.17) is 9.47 Å². The van der Waals surface area contributed by atoms with Crippen LogP contribution in [0, 0.1) is 0 Å². The molecule has 6 rings (SSSR count). The number of hydrogen-bond acceptors (Lipinski definition) is 8. The molecule has 0 radical (unpaired) electrons. The maximum atomic E-state index is 14.0. The molecule has 2 aliphatic rings. The Labute approximate surface area is 339 Å². The van der Waals surface area contributed by atoms with Crippen molar-refractivity contribution in [2.45, 2.75) is 58.3 Å². The van der Waals surface area contributed by atoms with Gasteiger partial charge in [0, 0.05) is 61.9 Å². The molecule has 3 N–H and O–H groups in total. The number of rotatable bonds is 13. The Kier molecular flexibility index (Phi) is 13.6. The van der Waals surface area contributed by atoms with E-state index in [0.717, 1.165) is 23.4 Å². The normalized spacial score (nSPS) is 17.8. The summed E-state index contributed by atoms with van der Waals surface area (Å²) in [5.74, 6) is 0.292. The summed E-state index contributed by atoms with van der Waals surface area (Å²) in [5.41, 5.74) is 3.97. The van der Waals surface area contributed by atoms with Gasteiger partial charge in [-0.2, -0.15) is 0 Å². The molecule has 14 heteroatoms. The van der Waals surface area contributed by atoms with Crippen molar-refractivity contribution in [1.29, 1.82) is 0 Å². The fraction of sp³-hybridized carbons (Fsp3) is 0.341. The fourth-order valence-electron chi connectivity index (χ4n) is 7.30. The molecule has 4 aromatic rings. The highest BCUT2D eigenvalue weighted by molar-refractivity contribution is 5.98. The number of carbonyl (C=O) groups excluding carboxylic acids is 5. The molecule has 0 unspecified atom stereocenters. The molecule has 0 spiro atoms. The van der Waals surface area contributed by atoms with Gasteiger partial charge in [0.05, 0.1) is 18.6 Å². The summed E-state index contributed by atoms with van der Waals surface area (Å²) in [7, 11) is 1.81. The van der Waals surface area contributed by atoms with Gasteiger partial charge in [0.2, 0.25) is 17.7 Å². The van der Waals surface area contributed by atoms with E-state index in [1.807, 2.05) is 82.4 Å². The van der Waals surface area contributed by atoms with Crippen LogP contribution < -0.4 is 30.5 Å². The summed E-state index contributed by atoms with van der Waals surface area (Å²) < 4.78 is 11.7. The van der Waals surface area contributed by atoms with Crippen LogP contribution in [0.5, 0.6) is 5.75 Å². The van der Waals surface area contributed by atoms with Gasteiger partial charge in [0.15, 0.2) is 0 Å². The molecule has 2 heterocycles. The third kappa shape index (κ3) is 10.1. The molecule has 14 nitrogen and oxygen atoms in total. The van der Waals surface area contributed by atoms with Crippen molar-refractivity contribution in [3.63, 3.8) is 0 Å². The molecular formula is C44H51N7O7. The van der Waals surface area contributed by atoms with E-state index in [1.165, 1.54) is 0 Å². The van der Waals surface area contributed by atoms with E-state index in [9.17, 15) is 24.0 Å². The van der Waals surface area contributed by atoms with Gasteiger partial charge in [-0.25, -0.2) is 9.59 Å². The molecule has 0 aromatic heterocycles. The van der Waals surface area contributed by atoms with Crippen LogP contribution in [0.25, 0.3) is 0 Å². The highest BCUT2D eigenvalue weighted by Gasteiger charge is 2.39. The average Bonchev–Trinajstić information content (AvgIpc) is 3.23. The van der Waals surface area contributed by atoms with Crippen molar-refractivity contribution in [3.05, 3.63) is 114 Å². The van der Waals surface area contributed by atoms with Gasteiger partial charge in [-0.15, -0.1) is 0 Å². The van der Waals surface area contributed by atoms with E-state index in [0.29, 0.717) is 55.3 Å². The summed E-state index contributed by atoms with van der Waals surface area (Å²) in [6.07, 6.45) is 0.288. The number of fused-ring (bicyclic) bond motifs is 1. The van der Waals surface area contributed by atoms with Crippen LogP contribution >= 0.6 is 0 Å². The molecule has 0 saturated carbocycles. The van der Waals surface area contributed by atoms with Crippen LogP contribution in [-0.2, 0) is 25.7 Å². The number of para-hydroxylation sites is 1. The fourth-order valence-corrected chi connectivity index (χ4v) is 7.30. The Hall–Kier alpha value is -6.41. The number of ether oxygens (including phenoxy) is 2. The second-order valence-electron chi connectivity index (χ2n) is 14.4. The second-order valence-corrected chi connectivity index (χ2v) is 14.4. The predicted molar refractivity (Wildman–Crippen MR) is 223 cm³/mol. The van der Waals surface area contributed by atoms with Gasteiger partial charge in [-0.05, 0) is 86.0 Å². The Bertz CT molecular complexity index is 2060.